The molecule has 2 aromatic rings. The predicted molar refractivity (Wildman–Crippen MR) is 118 cm³/mol. The number of amides is 2. The van der Waals surface area contributed by atoms with Crippen LogP contribution in [0.4, 0.5) is 0 Å². The molecule has 2 amide bonds. The largest absolute Gasteiger partial charge is 0.497 e. The SMILES string of the molecule is COc1ccc(S(=O)(=O)N2CC[NH+]([C@@H]3CC(=O)N(Cc4ccc(Cl)cc4)C3=O)CC2)cc1. The number of benzene rings is 2. The molecule has 0 unspecified atom stereocenters. The van der Waals surface area contributed by atoms with Gasteiger partial charge in [0.05, 0.1) is 51.1 Å². The summed E-state index contributed by atoms with van der Waals surface area (Å²) in [6.45, 7) is 1.73. The molecular formula is C22H25ClN3O5S+. The van der Waals surface area contributed by atoms with E-state index in [1.165, 1.54) is 28.4 Å². The summed E-state index contributed by atoms with van der Waals surface area (Å²) in [5, 5.41) is 0.595. The van der Waals surface area contributed by atoms with E-state index < -0.39 is 16.1 Å². The second-order valence-electron chi connectivity index (χ2n) is 7.94. The minimum atomic E-state index is -3.62. The van der Waals surface area contributed by atoms with Crippen LogP contribution in [0.3, 0.4) is 0 Å². The number of piperazine rings is 1. The molecule has 2 fully saturated rings. The quantitative estimate of drug-likeness (QED) is 0.613. The Kier molecular flexibility index (Phi) is 6.52. The Morgan fingerprint density at radius 3 is 2.25 bits per heavy atom. The van der Waals surface area contributed by atoms with Crippen molar-refractivity contribution >= 4 is 33.4 Å². The Bertz CT molecular complexity index is 1100. The number of hydrogen-bond donors (Lipinski definition) is 1. The third-order valence-electron chi connectivity index (χ3n) is 6.05. The maximum absolute atomic E-state index is 13.0. The number of hydrogen-bond acceptors (Lipinski definition) is 5. The van der Waals surface area contributed by atoms with Crippen molar-refractivity contribution in [2.24, 2.45) is 0 Å². The fourth-order valence-corrected chi connectivity index (χ4v) is 5.77. The zero-order valence-electron chi connectivity index (χ0n) is 17.7. The summed E-state index contributed by atoms with van der Waals surface area (Å²) in [4.78, 5) is 27.9. The van der Waals surface area contributed by atoms with Gasteiger partial charge in [-0.3, -0.25) is 14.5 Å². The van der Waals surface area contributed by atoms with Crippen LogP contribution in [-0.2, 0) is 26.2 Å². The molecule has 32 heavy (non-hydrogen) atoms. The van der Waals surface area contributed by atoms with Crippen molar-refractivity contribution in [3.8, 4) is 5.75 Å². The van der Waals surface area contributed by atoms with Gasteiger partial charge in [0.1, 0.15) is 5.75 Å². The number of likely N-dealkylation sites (tertiary alicyclic amines) is 1. The van der Waals surface area contributed by atoms with Crippen LogP contribution in [0.15, 0.2) is 53.4 Å². The maximum Gasteiger partial charge on any atom is 0.288 e. The van der Waals surface area contributed by atoms with E-state index in [1.54, 1.807) is 36.4 Å². The number of carbonyl (C=O) groups is 2. The van der Waals surface area contributed by atoms with Crippen LogP contribution >= 0.6 is 11.6 Å². The first-order chi connectivity index (χ1) is 15.3. The number of carbonyl (C=O) groups excluding carboxylic acids is 2. The van der Waals surface area contributed by atoms with Crippen molar-refractivity contribution in [2.75, 3.05) is 33.3 Å². The highest BCUT2D eigenvalue weighted by molar-refractivity contribution is 7.89. The molecule has 8 nitrogen and oxygen atoms in total. The third-order valence-corrected chi connectivity index (χ3v) is 8.22. The van der Waals surface area contributed by atoms with Crippen molar-refractivity contribution < 1.29 is 27.6 Å². The van der Waals surface area contributed by atoms with E-state index in [0.717, 1.165) is 10.5 Å². The molecule has 0 aromatic heterocycles. The molecule has 10 heteroatoms. The van der Waals surface area contributed by atoms with Crippen molar-refractivity contribution in [3.05, 3.63) is 59.1 Å². The Morgan fingerprint density at radius 1 is 1.03 bits per heavy atom. The normalized spacial score (nSPS) is 20.7. The fraction of sp³-hybridized carbons (Fsp3) is 0.364. The molecule has 0 radical (unpaired) electrons. The van der Waals surface area contributed by atoms with Crippen LogP contribution < -0.4 is 9.64 Å². The molecule has 1 N–H and O–H groups in total. The van der Waals surface area contributed by atoms with Crippen molar-refractivity contribution in [1.82, 2.24) is 9.21 Å². The monoisotopic (exact) mass is 478 g/mol. The van der Waals surface area contributed by atoms with E-state index in [0.29, 0.717) is 37.0 Å². The van der Waals surface area contributed by atoms with Gasteiger partial charge in [-0.2, -0.15) is 4.31 Å². The first kappa shape index (κ1) is 22.7. The summed E-state index contributed by atoms with van der Waals surface area (Å²) in [5.41, 5.74) is 0.835. The van der Waals surface area contributed by atoms with E-state index in [-0.39, 0.29) is 29.7 Å². The van der Waals surface area contributed by atoms with E-state index in [2.05, 4.69) is 0 Å². The smallest absolute Gasteiger partial charge is 0.288 e. The Morgan fingerprint density at radius 2 is 1.66 bits per heavy atom. The fourth-order valence-electron chi connectivity index (χ4n) is 4.20. The van der Waals surface area contributed by atoms with Gasteiger partial charge in [-0.15, -0.1) is 0 Å². The lowest BCUT2D eigenvalue weighted by molar-refractivity contribution is -0.918. The minimum absolute atomic E-state index is 0.146. The Hall–Kier alpha value is -2.46. The molecule has 0 saturated carbocycles. The van der Waals surface area contributed by atoms with Gasteiger partial charge in [0.15, 0.2) is 6.04 Å². The van der Waals surface area contributed by atoms with Crippen LogP contribution in [0.2, 0.25) is 5.02 Å². The van der Waals surface area contributed by atoms with Gasteiger partial charge < -0.3 is 9.64 Å². The van der Waals surface area contributed by atoms with Crippen molar-refractivity contribution in [1.29, 1.82) is 0 Å². The van der Waals surface area contributed by atoms with Gasteiger partial charge in [0.2, 0.25) is 15.9 Å². The third kappa shape index (κ3) is 4.52. The number of nitrogens with one attached hydrogen (secondary N) is 1. The predicted octanol–water partition coefficient (Wildman–Crippen LogP) is 0.566. The Balaban J connectivity index is 1.39. The van der Waals surface area contributed by atoms with E-state index >= 15 is 0 Å². The number of sulfonamides is 1. The lowest BCUT2D eigenvalue weighted by Gasteiger charge is -2.33. The number of rotatable bonds is 6. The number of imide groups is 1. The number of halogens is 1. The van der Waals surface area contributed by atoms with Gasteiger partial charge in [0, 0.05) is 5.02 Å². The number of methoxy groups -OCH3 is 1. The molecule has 0 aliphatic carbocycles. The molecule has 0 bridgehead atoms. The summed E-state index contributed by atoms with van der Waals surface area (Å²) in [7, 11) is -2.10. The van der Waals surface area contributed by atoms with Gasteiger partial charge in [-0.25, -0.2) is 8.42 Å². The molecule has 4 rings (SSSR count). The van der Waals surface area contributed by atoms with Gasteiger partial charge >= 0.3 is 0 Å². The summed E-state index contributed by atoms with van der Waals surface area (Å²) in [6, 6.07) is 12.9. The first-order valence-corrected chi connectivity index (χ1v) is 12.2. The molecule has 2 saturated heterocycles. The molecule has 170 valence electrons. The lowest BCUT2D eigenvalue weighted by atomic mass is 10.2. The molecule has 0 spiro atoms. The van der Waals surface area contributed by atoms with Gasteiger partial charge in [0.25, 0.3) is 5.91 Å². The first-order valence-electron chi connectivity index (χ1n) is 10.4. The average Bonchev–Trinajstić information content (AvgIpc) is 3.09. The number of ether oxygens (including phenoxy) is 1. The molecule has 2 aromatic carbocycles. The standard InChI is InChI=1S/C22H24ClN3O5S/c1-31-18-6-8-19(9-7-18)32(29,30)25-12-10-24(11-13-25)20-14-21(27)26(22(20)28)15-16-2-4-17(23)5-3-16/h2-9,20H,10-15H2,1H3/p+1/t20-/m1/s1. The van der Waals surface area contributed by atoms with Gasteiger partial charge in [-0.05, 0) is 42.0 Å². The van der Waals surface area contributed by atoms with E-state index in [1.807, 2.05) is 0 Å². The summed E-state index contributed by atoms with van der Waals surface area (Å²) in [6.07, 6.45) is 0.146. The molecule has 2 aliphatic rings. The second kappa shape index (κ2) is 9.19. The second-order valence-corrected chi connectivity index (χ2v) is 10.3. The molecule has 1 atom stereocenters. The highest BCUT2D eigenvalue weighted by Crippen LogP contribution is 2.20. The summed E-state index contributed by atoms with van der Waals surface area (Å²) in [5.74, 6) is 0.188. The molecule has 2 heterocycles. The zero-order valence-corrected chi connectivity index (χ0v) is 19.2. The van der Waals surface area contributed by atoms with Crippen LogP contribution in [-0.4, -0.2) is 68.8 Å². The van der Waals surface area contributed by atoms with Crippen LogP contribution in [0.5, 0.6) is 5.75 Å². The number of quaternary nitrogens is 1. The average molecular weight is 479 g/mol. The van der Waals surface area contributed by atoms with E-state index in [4.69, 9.17) is 16.3 Å². The summed E-state index contributed by atoms with van der Waals surface area (Å²) >= 11 is 5.90. The molecular weight excluding hydrogens is 454 g/mol. The lowest BCUT2D eigenvalue weighted by Crippen LogP contribution is -3.19. The van der Waals surface area contributed by atoms with Crippen LogP contribution in [0, 0.1) is 0 Å². The summed E-state index contributed by atoms with van der Waals surface area (Å²) < 4.78 is 32.4. The molecule has 2 aliphatic heterocycles. The highest BCUT2D eigenvalue weighted by Gasteiger charge is 2.46. The van der Waals surface area contributed by atoms with Crippen LogP contribution in [0.25, 0.3) is 0 Å². The van der Waals surface area contributed by atoms with Crippen molar-refractivity contribution in [2.45, 2.75) is 23.9 Å². The van der Waals surface area contributed by atoms with E-state index in [9.17, 15) is 18.0 Å². The van der Waals surface area contributed by atoms with Crippen LogP contribution in [0.1, 0.15) is 12.0 Å². The van der Waals surface area contributed by atoms with Gasteiger partial charge in [-0.1, -0.05) is 23.7 Å². The topological polar surface area (TPSA) is 88.4 Å². The van der Waals surface area contributed by atoms with Crippen molar-refractivity contribution in [3.63, 3.8) is 0 Å². The maximum atomic E-state index is 13.0. The zero-order chi connectivity index (χ0) is 22.9. The number of nitrogens with zero attached hydrogens (tertiary/aromatic N) is 2. The highest BCUT2D eigenvalue weighted by atomic mass is 35.5. The minimum Gasteiger partial charge on any atom is -0.497 e. The Labute approximate surface area is 192 Å².